The standard InChI is InChI=1S/C21H25.C19H25.2ClH.Hf/c1-20(2,3)16-7-9-18-14(12-16)11-15-13-17(21(4,5)6)8-10-19(15)18;1-18(2,3)16-11-15(14-9-7-8-10-14)12-17(13-16)19(4,5)6;;;/h7-13H,1-6H3;7-13H,1-6H3;2*1H;/q2*-1;;;+4/p-2. The predicted molar refractivity (Wildman–Crippen MR) is 179 cm³/mol. The number of fused-ring (bicyclic) bond motifs is 3. The first kappa shape index (κ1) is 39.4. The van der Waals surface area contributed by atoms with Gasteiger partial charge in [0.05, 0.1) is 0 Å². The molecule has 0 amide bonds. The Bertz CT molecular complexity index is 1510. The van der Waals surface area contributed by atoms with Crippen molar-refractivity contribution >= 4 is 21.5 Å². The van der Waals surface area contributed by atoms with Gasteiger partial charge in [-0.15, -0.1) is 45.8 Å². The predicted octanol–water partition coefficient (Wildman–Crippen LogP) is 5.98. The Balaban J connectivity index is 0.000000404. The zero-order valence-electron chi connectivity index (χ0n) is 28.3. The molecule has 0 nitrogen and oxygen atoms in total. The maximum Gasteiger partial charge on any atom is 4.00 e. The van der Waals surface area contributed by atoms with Gasteiger partial charge in [-0.3, -0.25) is 0 Å². The number of rotatable bonds is 1. The fourth-order valence-electron chi connectivity index (χ4n) is 5.18. The average Bonchev–Trinajstić information content (AvgIpc) is 3.49. The minimum absolute atomic E-state index is 0. The average molecular weight is 780 g/mol. The molecule has 5 rings (SSSR count). The fraction of sp³-hybridized carbons (Fsp3) is 0.400. The van der Waals surface area contributed by atoms with Crippen LogP contribution >= 0.6 is 0 Å². The van der Waals surface area contributed by atoms with Crippen LogP contribution in [0.3, 0.4) is 0 Å². The van der Waals surface area contributed by atoms with Crippen LogP contribution in [0, 0.1) is 0 Å². The SMILES string of the molecule is CC(C)(C)c1cc(-c2ccc[cH-]2)cc(C(C)(C)C)c1.CC(C)(C)c1ccc2c(c1)[cH-]c1cc(C(C)(C)C)ccc12.[Cl-].[Cl-].[Hf+4]. The summed E-state index contributed by atoms with van der Waals surface area (Å²) in [7, 11) is 0. The third-order valence-electron chi connectivity index (χ3n) is 8.10. The number of hydrogen-bond donors (Lipinski definition) is 0. The van der Waals surface area contributed by atoms with E-state index in [1.54, 1.807) is 0 Å². The summed E-state index contributed by atoms with van der Waals surface area (Å²) in [6.07, 6.45) is 0. The summed E-state index contributed by atoms with van der Waals surface area (Å²) in [4.78, 5) is 0. The van der Waals surface area contributed by atoms with Crippen molar-refractivity contribution in [2.24, 2.45) is 0 Å². The smallest absolute Gasteiger partial charge is 1.00 e. The van der Waals surface area contributed by atoms with E-state index in [0.29, 0.717) is 0 Å². The molecular formula is C40H50Cl2Hf. The van der Waals surface area contributed by atoms with Gasteiger partial charge >= 0.3 is 25.8 Å². The molecule has 5 aromatic rings. The second kappa shape index (κ2) is 14.2. The van der Waals surface area contributed by atoms with Crippen molar-refractivity contribution in [2.45, 2.75) is 105 Å². The normalized spacial score (nSPS) is 12.1. The van der Waals surface area contributed by atoms with E-state index in [-0.39, 0.29) is 72.3 Å². The molecule has 0 spiro atoms. The van der Waals surface area contributed by atoms with Gasteiger partial charge in [0.2, 0.25) is 0 Å². The van der Waals surface area contributed by atoms with Crippen molar-refractivity contribution in [2.75, 3.05) is 0 Å². The van der Waals surface area contributed by atoms with Crippen LogP contribution in [0.15, 0.2) is 84.9 Å². The molecule has 5 aromatic carbocycles. The third kappa shape index (κ3) is 9.42. The van der Waals surface area contributed by atoms with E-state index in [1.165, 1.54) is 54.9 Å². The molecule has 0 aromatic heterocycles. The van der Waals surface area contributed by atoms with Crippen molar-refractivity contribution in [1.29, 1.82) is 0 Å². The van der Waals surface area contributed by atoms with Crippen LogP contribution in [0.4, 0.5) is 0 Å². The maximum atomic E-state index is 2.37. The molecule has 0 aliphatic rings. The molecule has 0 aliphatic carbocycles. The maximum absolute atomic E-state index is 2.37. The van der Waals surface area contributed by atoms with Crippen molar-refractivity contribution < 1.29 is 50.7 Å². The van der Waals surface area contributed by atoms with Gasteiger partial charge in [0, 0.05) is 0 Å². The van der Waals surface area contributed by atoms with E-state index >= 15 is 0 Å². The molecule has 0 atom stereocenters. The molecule has 0 unspecified atom stereocenters. The van der Waals surface area contributed by atoms with Crippen LogP contribution in [0.25, 0.3) is 32.7 Å². The summed E-state index contributed by atoms with van der Waals surface area (Å²) in [5, 5.41) is 5.48. The minimum Gasteiger partial charge on any atom is -1.00 e. The summed E-state index contributed by atoms with van der Waals surface area (Å²) in [5.41, 5.74) is 9.06. The van der Waals surface area contributed by atoms with Crippen molar-refractivity contribution in [1.82, 2.24) is 0 Å². The summed E-state index contributed by atoms with van der Waals surface area (Å²) >= 11 is 0. The Morgan fingerprint density at radius 2 is 0.860 bits per heavy atom. The van der Waals surface area contributed by atoms with Crippen molar-refractivity contribution in [3.8, 4) is 11.1 Å². The first-order valence-corrected chi connectivity index (χ1v) is 14.9. The molecule has 0 bridgehead atoms. The summed E-state index contributed by atoms with van der Waals surface area (Å²) < 4.78 is 0. The first-order valence-electron chi connectivity index (χ1n) is 14.9. The largest absolute Gasteiger partial charge is 4.00 e. The Morgan fingerprint density at radius 3 is 1.19 bits per heavy atom. The van der Waals surface area contributed by atoms with E-state index < -0.39 is 0 Å². The molecule has 0 heterocycles. The minimum atomic E-state index is 0. The number of hydrogen-bond acceptors (Lipinski definition) is 0. The topological polar surface area (TPSA) is 0 Å². The monoisotopic (exact) mass is 780 g/mol. The van der Waals surface area contributed by atoms with Crippen molar-refractivity contribution in [3.63, 3.8) is 0 Å². The van der Waals surface area contributed by atoms with E-state index in [0.717, 1.165) is 0 Å². The fourth-order valence-corrected chi connectivity index (χ4v) is 5.18. The molecule has 0 saturated heterocycles. The molecule has 3 heteroatoms. The summed E-state index contributed by atoms with van der Waals surface area (Å²) in [5.74, 6) is 0. The van der Waals surface area contributed by atoms with Gasteiger partial charge in [-0.1, -0.05) is 153 Å². The van der Waals surface area contributed by atoms with Crippen molar-refractivity contribution in [3.05, 3.63) is 107 Å². The van der Waals surface area contributed by atoms with Gasteiger partial charge in [0.15, 0.2) is 0 Å². The molecule has 0 N–H and O–H groups in total. The van der Waals surface area contributed by atoms with Crippen LogP contribution in [0.1, 0.15) is 105 Å². The second-order valence-corrected chi connectivity index (χ2v) is 15.7. The number of halogens is 2. The number of benzene rings is 3. The molecule has 43 heavy (non-hydrogen) atoms. The van der Waals surface area contributed by atoms with E-state index in [4.69, 9.17) is 0 Å². The molecule has 0 fully saturated rings. The van der Waals surface area contributed by atoms with E-state index in [2.05, 4.69) is 168 Å². The van der Waals surface area contributed by atoms with Crippen LogP contribution in [-0.2, 0) is 47.5 Å². The summed E-state index contributed by atoms with van der Waals surface area (Å²) in [6.45, 7) is 27.3. The molecular weight excluding hydrogens is 730 g/mol. The van der Waals surface area contributed by atoms with E-state index in [9.17, 15) is 0 Å². The molecule has 0 radical (unpaired) electrons. The zero-order chi connectivity index (χ0) is 29.7. The molecule has 0 saturated carbocycles. The quantitative estimate of drug-likeness (QED) is 0.145. The van der Waals surface area contributed by atoms with Crippen LogP contribution < -0.4 is 24.8 Å². The summed E-state index contributed by atoms with van der Waals surface area (Å²) in [6, 6.07) is 31.8. The Hall–Kier alpha value is -1.67. The van der Waals surface area contributed by atoms with Gasteiger partial charge < -0.3 is 24.8 Å². The van der Waals surface area contributed by atoms with Crippen LogP contribution in [0.2, 0.25) is 0 Å². The molecule has 228 valence electrons. The second-order valence-electron chi connectivity index (χ2n) is 15.7. The van der Waals surface area contributed by atoms with E-state index in [1.807, 2.05) is 0 Å². The van der Waals surface area contributed by atoms with Gasteiger partial charge in [-0.05, 0) is 21.7 Å². The van der Waals surface area contributed by atoms with Gasteiger partial charge in [-0.25, -0.2) is 0 Å². The molecule has 0 aliphatic heterocycles. The Morgan fingerprint density at radius 1 is 0.465 bits per heavy atom. The van der Waals surface area contributed by atoms with Gasteiger partial charge in [-0.2, -0.15) is 23.8 Å². The van der Waals surface area contributed by atoms with Crippen LogP contribution in [0.5, 0.6) is 0 Å². The first-order chi connectivity index (χ1) is 18.3. The Labute approximate surface area is 293 Å². The van der Waals surface area contributed by atoms with Crippen LogP contribution in [-0.4, -0.2) is 0 Å². The third-order valence-corrected chi connectivity index (χ3v) is 8.10. The Kier molecular flexibility index (Phi) is 13.0. The zero-order valence-corrected chi connectivity index (χ0v) is 33.4. The van der Waals surface area contributed by atoms with Gasteiger partial charge in [0.1, 0.15) is 0 Å². The van der Waals surface area contributed by atoms with Gasteiger partial charge in [0.25, 0.3) is 0 Å².